The molecule has 1 aliphatic rings. The van der Waals surface area contributed by atoms with Gasteiger partial charge in [-0.25, -0.2) is 13.4 Å². The molecule has 2 aromatic carbocycles. The maximum Gasteiger partial charge on any atom is 0.253 e. The minimum atomic E-state index is -3.85. The molecular weight excluding hydrogens is 545 g/mol. The second kappa shape index (κ2) is 9.80. The summed E-state index contributed by atoms with van der Waals surface area (Å²) < 4.78 is 29.5. The van der Waals surface area contributed by atoms with Crippen LogP contribution in [-0.4, -0.2) is 36.2 Å². The normalized spacial score (nSPS) is 16.7. The molecule has 2 aromatic heterocycles. The Morgan fingerprint density at radius 3 is 2.63 bits per heavy atom. The van der Waals surface area contributed by atoms with Gasteiger partial charge >= 0.3 is 0 Å². The third-order valence-electron chi connectivity index (χ3n) is 5.92. The van der Waals surface area contributed by atoms with Crippen LogP contribution in [-0.2, 0) is 21.4 Å². The minimum Gasteiger partial charge on any atom is -0.282 e. The molecule has 0 saturated carbocycles. The topological polar surface area (TPSA) is 70.6 Å². The summed E-state index contributed by atoms with van der Waals surface area (Å²) in [5.41, 5.74) is 2.62. The van der Waals surface area contributed by atoms with E-state index in [-0.39, 0.29) is 23.2 Å². The van der Waals surface area contributed by atoms with Gasteiger partial charge in [0.1, 0.15) is 10.3 Å². The molecule has 1 aliphatic heterocycles. The first-order valence-electron chi connectivity index (χ1n) is 10.9. The maximum atomic E-state index is 14.0. The summed E-state index contributed by atoms with van der Waals surface area (Å²) in [5, 5.41) is 1.12. The highest BCUT2D eigenvalue weighted by molar-refractivity contribution is 7.91. The molecule has 0 radical (unpaired) electrons. The summed E-state index contributed by atoms with van der Waals surface area (Å²) in [4.78, 5) is 20.4. The van der Waals surface area contributed by atoms with Crippen molar-refractivity contribution in [2.75, 3.05) is 11.4 Å². The SMILES string of the molecule is Cc1cc(Cl)cc2sc(N(Cc3ccccc3)C(=O)C3CCCN3S(=O)(=O)c3ccc(Cl)s3)nc12. The van der Waals surface area contributed by atoms with Crippen LogP contribution in [0.4, 0.5) is 5.13 Å². The van der Waals surface area contributed by atoms with Crippen LogP contribution in [0.3, 0.4) is 0 Å². The van der Waals surface area contributed by atoms with Gasteiger partial charge in [0, 0.05) is 11.6 Å². The number of aromatic nitrogens is 1. The number of rotatable bonds is 6. The van der Waals surface area contributed by atoms with Gasteiger partial charge in [0.15, 0.2) is 5.13 Å². The summed E-state index contributed by atoms with van der Waals surface area (Å²) in [7, 11) is -3.85. The molecule has 1 saturated heterocycles. The van der Waals surface area contributed by atoms with Crippen LogP contribution in [0, 0.1) is 6.92 Å². The van der Waals surface area contributed by atoms with E-state index in [1.54, 1.807) is 11.0 Å². The number of nitrogens with zero attached hydrogens (tertiary/aromatic N) is 3. The molecule has 4 aromatic rings. The Morgan fingerprint density at radius 2 is 1.91 bits per heavy atom. The van der Waals surface area contributed by atoms with Crippen LogP contribution in [0.2, 0.25) is 9.36 Å². The lowest BCUT2D eigenvalue weighted by atomic mass is 10.1. The van der Waals surface area contributed by atoms with E-state index in [0.717, 1.165) is 32.7 Å². The molecule has 11 heteroatoms. The quantitative estimate of drug-likeness (QED) is 0.272. The number of hydrogen-bond donors (Lipinski definition) is 0. The number of thiazole rings is 1. The van der Waals surface area contributed by atoms with Crippen molar-refractivity contribution >= 4 is 77.2 Å². The molecule has 1 fully saturated rings. The highest BCUT2D eigenvalue weighted by atomic mass is 35.5. The van der Waals surface area contributed by atoms with E-state index in [2.05, 4.69) is 0 Å². The van der Waals surface area contributed by atoms with E-state index in [4.69, 9.17) is 28.2 Å². The van der Waals surface area contributed by atoms with Crippen molar-refractivity contribution < 1.29 is 13.2 Å². The molecular formula is C24H21Cl2N3O3S3. The van der Waals surface area contributed by atoms with Gasteiger partial charge in [-0.05, 0) is 55.2 Å². The number of sulfonamides is 1. The fourth-order valence-electron chi connectivity index (χ4n) is 4.27. The monoisotopic (exact) mass is 565 g/mol. The van der Waals surface area contributed by atoms with Crippen molar-refractivity contribution in [2.45, 2.75) is 36.6 Å². The van der Waals surface area contributed by atoms with E-state index in [0.29, 0.717) is 27.3 Å². The standard InChI is InChI=1S/C24H21Cl2N3O3S3/c1-15-12-17(25)13-19-22(15)27-24(33-19)28(14-16-6-3-2-4-7-16)23(30)18-8-5-11-29(18)35(31,32)21-10-9-20(26)34-21/h2-4,6-7,9-10,12-13,18H,5,8,11,14H2,1H3. The molecule has 5 rings (SSSR count). The van der Waals surface area contributed by atoms with Gasteiger partial charge in [0.2, 0.25) is 5.91 Å². The van der Waals surface area contributed by atoms with Crippen LogP contribution in [0.15, 0.2) is 58.8 Å². The van der Waals surface area contributed by atoms with Gasteiger partial charge in [-0.15, -0.1) is 11.3 Å². The van der Waals surface area contributed by atoms with Gasteiger partial charge < -0.3 is 0 Å². The lowest BCUT2D eigenvalue weighted by Crippen LogP contribution is -2.47. The first kappa shape index (κ1) is 24.7. The molecule has 3 heterocycles. The number of hydrogen-bond acceptors (Lipinski definition) is 6. The number of halogens is 2. The number of aryl methyl sites for hydroxylation is 1. The molecule has 1 amide bonds. The Morgan fingerprint density at radius 1 is 1.14 bits per heavy atom. The Hall–Kier alpha value is -2.01. The molecule has 1 unspecified atom stereocenters. The summed E-state index contributed by atoms with van der Waals surface area (Å²) in [5.74, 6) is -0.291. The molecule has 0 N–H and O–H groups in total. The van der Waals surface area contributed by atoms with E-state index < -0.39 is 16.1 Å². The summed E-state index contributed by atoms with van der Waals surface area (Å²) in [6.45, 7) is 2.49. The summed E-state index contributed by atoms with van der Waals surface area (Å²) in [6.07, 6.45) is 1.04. The summed E-state index contributed by atoms with van der Waals surface area (Å²) >= 11 is 14.6. The van der Waals surface area contributed by atoms with Gasteiger partial charge in [0.05, 0.1) is 21.1 Å². The first-order chi connectivity index (χ1) is 16.7. The van der Waals surface area contributed by atoms with Crippen LogP contribution in [0.1, 0.15) is 24.0 Å². The third-order valence-corrected chi connectivity index (χ3v) is 10.8. The zero-order valence-corrected chi connectivity index (χ0v) is 22.6. The predicted molar refractivity (Wildman–Crippen MR) is 143 cm³/mol. The maximum absolute atomic E-state index is 14.0. The molecule has 1 atom stereocenters. The number of benzene rings is 2. The highest BCUT2D eigenvalue weighted by Gasteiger charge is 2.42. The van der Waals surface area contributed by atoms with E-state index >= 15 is 0 Å². The Balaban J connectivity index is 1.54. The van der Waals surface area contributed by atoms with E-state index in [9.17, 15) is 13.2 Å². The van der Waals surface area contributed by atoms with Crippen molar-refractivity contribution in [3.63, 3.8) is 0 Å². The van der Waals surface area contributed by atoms with E-state index in [1.165, 1.54) is 21.7 Å². The predicted octanol–water partition coefficient (Wildman–Crippen LogP) is 6.36. The lowest BCUT2D eigenvalue weighted by molar-refractivity contribution is -0.121. The number of carbonyl (C=O) groups is 1. The minimum absolute atomic E-state index is 0.141. The number of thiophene rings is 1. The molecule has 35 heavy (non-hydrogen) atoms. The largest absolute Gasteiger partial charge is 0.282 e. The van der Waals surface area contributed by atoms with Crippen LogP contribution < -0.4 is 4.90 Å². The van der Waals surface area contributed by atoms with Crippen LogP contribution in [0.25, 0.3) is 10.2 Å². The smallest absolute Gasteiger partial charge is 0.253 e. The van der Waals surface area contributed by atoms with Crippen LogP contribution in [0.5, 0.6) is 0 Å². The third kappa shape index (κ3) is 4.85. The average Bonchev–Trinajstić information content (AvgIpc) is 3.57. The fourth-order valence-corrected chi connectivity index (χ4v) is 8.96. The number of carbonyl (C=O) groups excluding carboxylic acids is 1. The van der Waals surface area contributed by atoms with Crippen molar-refractivity contribution in [3.05, 3.63) is 75.1 Å². The average molecular weight is 567 g/mol. The number of anilines is 1. The van der Waals surface area contributed by atoms with Gasteiger partial charge in [-0.1, -0.05) is 64.9 Å². The second-order valence-corrected chi connectivity index (χ2v) is 13.6. The molecule has 182 valence electrons. The first-order valence-corrected chi connectivity index (χ1v) is 14.8. The van der Waals surface area contributed by atoms with Crippen molar-refractivity contribution in [3.8, 4) is 0 Å². The molecule has 0 bridgehead atoms. The van der Waals surface area contributed by atoms with Gasteiger partial charge in [0.25, 0.3) is 10.0 Å². The number of fused-ring (bicyclic) bond motifs is 1. The van der Waals surface area contributed by atoms with Crippen molar-refractivity contribution in [1.29, 1.82) is 0 Å². The second-order valence-electron chi connectivity index (χ2n) is 8.31. The van der Waals surface area contributed by atoms with Crippen molar-refractivity contribution in [1.82, 2.24) is 9.29 Å². The summed E-state index contributed by atoms with van der Waals surface area (Å²) in [6, 6.07) is 15.5. The Kier molecular flexibility index (Phi) is 6.91. The highest BCUT2D eigenvalue weighted by Crippen LogP contribution is 2.37. The zero-order chi connectivity index (χ0) is 24.7. The molecule has 0 spiro atoms. The molecule has 6 nitrogen and oxygen atoms in total. The Bertz CT molecular complexity index is 1500. The molecule has 0 aliphatic carbocycles. The lowest BCUT2D eigenvalue weighted by Gasteiger charge is -2.28. The van der Waals surface area contributed by atoms with Gasteiger partial charge in [-0.2, -0.15) is 4.31 Å². The van der Waals surface area contributed by atoms with Gasteiger partial charge in [-0.3, -0.25) is 9.69 Å². The van der Waals surface area contributed by atoms with Crippen molar-refractivity contribution in [2.24, 2.45) is 0 Å². The zero-order valence-electron chi connectivity index (χ0n) is 18.6. The van der Waals surface area contributed by atoms with Crippen LogP contribution >= 0.6 is 45.9 Å². The number of amides is 1. The van der Waals surface area contributed by atoms with E-state index in [1.807, 2.05) is 49.4 Å². The Labute approximate surface area is 221 Å². The fraction of sp³-hybridized carbons (Fsp3) is 0.250.